The second-order valence-electron chi connectivity index (χ2n) is 10.9. The molecule has 8 nitrogen and oxygen atoms in total. The molecule has 5 aromatic rings. The quantitative estimate of drug-likeness (QED) is 0.199. The number of esters is 1. The van der Waals surface area contributed by atoms with Gasteiger partial charge in [-0.1, -0.05) is 48.0 Å². The van der Waals surface area contributed by atoms with Crippen LogP contribution in [-0.2, 0) is 30.8 Å². The number of aryl methyl sites for hydroxylation is 2. The number of anilines is 1. The zero-order chi connectivity index (χ0) is 30.8. The molecule has 1 atom stereocenters. The molecule has 0 bridgehead atoms. The number of hydrogen-bond acceptors (Lipinski definition) is 7. The van der Waals surface area contributed by atoms with Crippen molar-refractivity contribution in [1.29, 1.82) is 0 Å². The summed E-state index contributed by atoms with van der Waals surface area (Å²) in [5.74, 6) is -1.15. The van der Waals surface area contributed by atoms with Crippen LogP contribution in [-0.4, -0.2) is 42.7 Å². The summed E-state index contributed by atoms with van der Waals surface area (Å²) in [4.78, 5) is 30.5. The van der Waals surface area contributed by atoms with E-state index in [0.29, 0.717) is 12.1 Å². The lowest BCUT2D eigenvalue weighted by Gasteiger charge is -2.36. The highest BCUT2D eigenvalue weighted by Gasteiger charge is 2.37. The molecular formula is C34H31N3O5S2. The second-order valence-corrected chi connectivity index (χ2v) is 13.8. The van der Waals surface area contributed by atoms with Crippen molar-refractivity contribution in [3.63, 3.8) is 0 Å². The summed E-state index contributed by atoms with van der Waals surface area (Å²) < 4.78 is 35.1. The van der Waals surface area contributed by atoms with Gasteiger partial charge in [-0.2, -0.15) is 4.31 Å². The summed E-state index contributed by atoms with van der Waals surface area (Å²) >= 11 is 1.61. The van der Waals surface area contributed by atoms with E-state index in [2.05, 4.69) is 11.4 Å². The molecule has 10 heteroatoms. The molecule has 1 aliphatic heterocycles. The SMILES string of the molecule is Cc1ccc(S(=O)(=O)N2CCc3ccccc3C2CC(=O)OCC(=O)Nc2ccc(-c3nc4ccc(C)cc4s3)cc2)cc1. The first-order valence-electron chi connectivity index (χ1n) is 14.3. The minimum absolute atomic E-state index is 0.171. The van der Waals surface area contributed by atoms with Gasteiger partial charge in [0.05, 0.1) is 27.6 Å². The smallest absolute Gasteiger partial charge is 0.308 e. The molecule has 4 aromatic carbocycles. The number of benzene rings is 4. The highest BCUT2D eigenvalue weighted by Crippen LogP contribution is 2.37. The van der Waals surface area contributed by atoms with Gasteiger partial charge >= 0.3 is 5.97 Å². The predicted molar refractivity (Wildman–Crippen MR) is 172 cm³/mol. The van der Waals surface area contributed by atoms with Crippen LogP contribution in [0.2, 0.25) is 0 Å². The monoisotopic (exact) mass is 625 g/mol. The summed E-state index contributed by atoms with van der Waals surface area (Å²) in [5.41, 5.74) is 6.32. The maximum absolute atomic E-state index is 13.6. The molecule has 0 saturated carbocycles. The van der Waals surface area contributed by atoms with Crippen molar-refractivity contribution in [1.82, 2.24) is 9.29 Å². The van der Waals surface area contributed by atoms with Gasteiger partial charge in [-0.15, -0.1) is 11.3 Å². The molecular weight excluding hydrogens is 595 g/mol. The van der Waals surface area contributed by atoms with Crippen LogP contribution >= 0.6 is 11.3 Å². The molecule has 0 spiro atoms. The Labute approximate surface area is 260 Å². The van der Waals surface area contributed by atoms with Gasteiger partial charge in [0.15, 0.2) is 6.61 Å². The van der Waals surface area contributed by atoms with E-state index in [1.807, 2.05) is 62.4 Å². The number of amides is 1. The average Bonchev–Trinajstić information content (AvgIpc) is 3.44. The summed E-state index contributed by atoms with van der Waals surface area (Å²) in [6.07, 6.45) is 0.318. The summed E-state index contributed by atoms with van der Waals surface area (Å²) in [7, 11) is -3.88. The van der Waals surface area contributed by atoms with Crippen LogP contribution in [0.1, 0.15) is 34.7 Å². The third-order valence-electron chi connectivity index (χ3n) is 7.67. The fourth-order valence-corrected chi connectivity index (χ4v) is 8.06. The van der Waals surface area contributed by atoms with Gasteiger partial charge < -0.3 is 10.1 Å². The summed E-state index contributed by atoms with van der Waals surface area (Å²) in [5, 5.41) is 3.64. The normalized spacial score (nSPS) is 15.1. The first-order chi connectivity index (χ1) is 21.2. The first-order valence-corrected chi connectivity index (χ1v) is 16.5. The maximum Gasteiger partial charge on any atom is 0.308 e. The first kappa shape index (κ1) is 29.7. The molecule has 0 saturated heterocycles. The molecule has 6 rings (SSSR count). The topological polar surface area (TPSA) is 106 Å². The number of carbonyl (C=O) groups excluding carboxylic acids is 2. The Kier molecular flexibility index (Phi) is 8.31. The predicted octanol–water partition coefficient (Wildman–Crippen LogP) is 6.44. The molecule has 0 radical (unpaired) electrons. The van der Waals surface area contributed by atoms with Crippen LogP contribution in [0.5, 0.6) is 0 Å². The van der Waals surface area contributed by atoms with E-state index < -0.39 is 34.5 Å². The van der Waals surface area contributed by atoms with Crippen LogP contribution in [0.15, 0.2) is 95.9 Å². The van der Waals surface area contributed by atoms with Gasteiger partial charge in [0.25, 0.3) is 5.91 Å². The Balaban J connectivity index is 1.10. The van der Waals surface area contributed by atoms with E-state index in [4.69, 9.17) is 9.72 Å². The second kappa shape index (κ2) is 12.3. The molecule has 44 heavy (non-hydrogen) atoms. The van der Waals surface area contributed by atoms with Crippen LogP contribution in [0.25, 0.3) is 20.8 Å². The minimum atomic E-state index is -3.88. The van der Waals surface area contributed by atoms with Crippen LogP contribution < -0.4 is 5.32 Å². The van der Waals surface area contributed by atoms with Gasteiger partial charge in [0.1, 0.15) is 5.01 Å². The van der Waals surface area contributed by atoms with Gasteiger partial charge in [-0.25, -0.2) is 13.4 Å². The lowest BCUT2D eigenvalue weighted by atomic mass is 9.92. The Morgan fingerprint density at radius 3 is 2.45 bits per heavy atom. The average molecular weight is 626 g/mol. The van der Waals surface area contributed by atoms with E-state index in [0.717, 1.165) is 37.5 Å². The van der Waals surface area contributed by atoms with E-state index in [-0.39, 0.29) is 17.9 Å². The molecule has 2 heterocycles. The van der Waals surface area contributed by atoms with Gasteiger partial charge in [-0.3, -0.25) is 9.59 Å². The number of nitrogens with one attached hydrogen (secondary N) is 1. The van der Waals surface area contributed by atoms with E-state index in [9.17, 15) is 18.0 Å². The molecule has 1 unspecified atom stereocenters. The highest BCUT2D eigenvalue weighted by atomic mass is 32.2. The Bertz CT molecular complexity index is 1950. The van der Waals surface area contributed by atoms with Crippen molar-refractivity contribution >= 4 is 49.1 Å². The van der Waals surface area contributed by atoms with Crippen molar-refractivity contribution in [3.05, 3.63) is 113 Å². The lowest BCUT2D eigenvalue weighted by molar-refractivity contribution is -0.148. The lowest BCUT2D eigenvalue weighted by Crippen LogP contribution is -2.41. The number of ether oxygens (including phenoxy) is 1. The fraction of sp³-hybridized carbons (Fsp3) is 0.206. The molecule has 1 aliphatic rings. The maximum atomic E-state index is 13.6. The van der Waals surface area contributed by atoms with E-state index in [1.165, 1.54) is 9.87 Å². The largest absolute Gasteiger partial charge is 0.456 e. The van der Waals surface area contributed by atoms with Crippen molar-refractivity contribution < 1.29 is 22.7 Å². The molecule has 224 valence electrons. The molecule has 1 amide bonds. The number of sulfonamides is 1. The summed E-state index contributed by atoms with van der Waals surface area (Å²) in [6, 6.07) is 26.9. The van der Waals surface area contributed by atoms with Crippen molar-refractivity contribution in [3.8, 4) is 10.6 Å². The Hall–Kier alpha value is -4.38. The van der Waals surface area contributed by atoms with Crippen molar-refractivity contribution in [2.45, 2.75) is 37.6 Å². The number of nitrogens with zero attached hydrogens (tertiary/aromatic N) is 2. The van der Waals surface area contributed by atoms with Crippen LogP contribution in [0, 0.1) is 13.8 Å². The number of hydrogen-bond donors (Lipinski definition) is 1. The van der Waals surface area contributed by atoms with Gasteiger partial charge in [0, 0.05) is 17.8 Å². The number of thiazole rings is 1. The molecule has 1 aromatic heterocycles. The number of carbonyl (C=O) groups is 2. The minimum Gasteiger partial charge on any atom is -0.456 e. The number of fused-ring (bicyclic) bond motifs is 2. The zero-order valence-corrected chi connectivity index (χ0v) is 26.0. The summed E-state index contributed by atoms with van der Waals surface area (Å²) in [6.45, 7) is 3.69. The number of rotatable bonds is 8. The number of aromatic nitrogens is 1. The molecule has 0 aliphatic carbocycles. The Morgan fingerprint density at radius 1 is 0.955 bits per heavy atom. The third kappa shape index (κ3) is 6.28. The van der Waals surface area contributed by atoms with Crippen molar-refractivity contribution in [2.75, 3.05) is 18.5 Å². The standard InChI is InChI=1S/C34H31N3O5S2/c1-22-7-14-27(15-8-22)44(40,41)37-18-17-24-5-3-4-6-28(24)30(37)20-33(39)42-21-32(38)35-26-12-10-25(11-13-26)34-36-29-16-9-23(2)19-31(29)43-34/h3-16,19,30H,17-18,20-21H2,1-2H3,(H,35,38). The highest BCUT2D eigenvalue weighted by molar-refractivity contribution is 7.89. The molecule has 0 fully saturated rings. The fourth-order valence-electron chi connectivity index (χ4n) is 5.39. The van der Waals surface area contributed by atoms with Crippen LogP contribution in [0.4, 0.5) is 5.69 Å². The van der Waals surface area contributed by atoms with Crippen LogP contribution in [0.3, 0.4) is 0 Å². The third-order valence-corrected chi connectivity index (χ3v) is 10.7. The Morgan fingerprint density at radius 2 is 1.68 bits per heavy atom. The molecule has 1 N–H and O–H groups in total. The van der Waals surface area contributed by atoms with Gasteiger partial charge in [-0.05, 0) is 85.5 Å². The van der Waals surface area contributed by atoms with E-state index in [1.54, 1.807) is 47.7 Å². The zero-order valence-electron chi connectivity index (χ0n) is 24.3. The van der Waals surface area contributed by atoms with Crippen molar-refractivity contribution in [2.24, 2.45) is 0 Å². The van der Waals surface area contributed by atoms with E-state index >= 15 is 0 Å². The van der Waals surface area contributed by atoms with Gasteiger partial charge in [0.2, 0.25) is 10.0 Å².